The number of nitrogens with two attached hydrogens (primary N) is 1. The second-order valence-corrected chi connectivity index (χ2v) is 7.04. The highest BCUT2D eigenvalue weighted by Gasteiger charge is 2.29. The monoisotopic (exact) mass is 299 g/mol. The molecule has 6 heteroatoms. The average molecular weight is 299 g/mol. The lowest BCUT2D eigenvalue weighted by Gasteiger charge is -2.31. The van der Waals surface area contributed by atoms with Gasteiger partial charge in [0.15, 0.2) is 5.84 Å². The SMILES string of the molecule is NC(CN(C(=O)CC1CCSCC1)C1CCCC1)=NO. The van der Waals surface area contributed by atoms with E-state index in [9.17, 15) is 4.79 Å². The van der Waals surface area contributed by atoms with Gasteiger partial charge in [0.2, 0.25) is 5.91 Å². The van der Waals surface area contributed by atoms with Gasteiger partial charge in [0.05, 0.1) is 6.54 Å². The Morgan fingerprint density at radius 1 is 1.25 bits per heavy atom. The third-order valence-electron chi connectivity index (χ3n) is 4.35. The van der Waals surface area contributed by atoms with E-state index in [2.05, 4.69) is 5.16 Å². The Hall–Kier alpha value is -0.910. The van der Waals surface area contributed by atoms with E-state index < -0.39 is 0 Å². The van der Waals surface area contributed by atoms with Gasteiger partial charge in [-0.25, -0.2) is 0 Å². The number of rotatable bonds is 5. The van der Waals surface area contributed by atoms with E-state index in [-0.39, 0.29) is 24.3 Å². The molecule has 2 rings (SSSR count). The number of nitrogens with zero attached hydrogens (tertiary/aromatic N) is 2. The van der Waals surface area contributed by atoms with Crippen LogP contribution >= 0.6 is 11.8 Å². The highest BCUT2D eigenvalue weighted by Crippen LogP contribution is 2.28. The van der Waals surface area contributed by atoms with Gasteiger partial charge in [0.1, 0.15) is 0 Å². The molecule has 20 heavy (non-hydrogen) atoms. The first-order chi connectivity index (χ1) is 9.70. The van der Waals surface area contributed by atoms with Crippen molar-refractivity contribution >= 4 is 23.5 Å². The van der Waals surface area contributed by atoms with E-state index in [1.54, 1.807) is 0 Å². The van der Waals surface area contributed by atoms with Crippen molar-refractivity contribution in [2.75, 3.05) is 18.1 Å². The Balaban J connectivity index is 1.94. The number of carbonyl (C=O) groups is 1. The van der Waals surface area contributed by atoms with Crippen molar-refractivity contribution in [1.82, 2.24) is 4.90 Å². The molecular weight excluding hydrogens is 274 g/mol. The Kier molecular flexibility index (Phi) is 6.01. The van der Waals surface area contributed by atoms with Crippen molar-refractivity contribution in [3.63, 3.8) is 0 Å². The molecule has 0 aromatic rings. The van der Waals surface area contributed by atoms with Gasteiger partial charge in [-0.05, 0) is 43.1 Å². The molecule has 0 spiro atoms. The third kappa shape index (κ3) is 4.30. The van der Waals surface area contributed by atoms with E-state index in [1.165, 1.54) is 24.3 Å². The van der Waals surface area contributed by atoms with Crippen molar-refractivity contribution in [2.24, 2.45) is 16.8 Å². The summed E-state index contributed by atoms with van der Waals surface area (Å²) in [5.41, 5.74) is 5.62. The fourth-order valence-electron chi connectivity index (χ4n) is 3.16. The number of carbonyl (C=O) groups excluding carboxylic acids is 1. The summed E-state index contributed by atoms with van der Waals surface area (Å²) in [6.07, 6.45) is 7.33. The first-order valence-electron chi connectivity index (χ1n) is 7.54. The average Bonchev–Trinajstić information content (AvgIpc) is 2.99. The van der Waals surface area contributed by atoms with Crippen LogP contribution in [-0.2, 0) is 4.79 Å². The highest BCUT2D eigenvalue weighted by atomic mass is 32.2. The van der Waals surface area contributed by atoms with Crippen LogP contribution in [0.15, 0.2) is 5.16 Å². The Bertz CT molecular complexity index is 350. The molecule has 1 aliphatic heterocycles. The number of thioether (sulfide) groups is 1. The number of amides is 1. The number of hydrogen-bond acceptors (Lipinski definition) is 4. The topological polar surface area (TPSA) is 78.9 Å². The molecule has 1 saturated heterocycles. The number of hydrogen-bond donors (Lipinski definition) is 2. The zero-order valence-electron chi connectivity index (χ0n) is 12.0. The summed E-state index contributed by atoms with van der Waals surface area (Å²) in [6, 6.07) is 0.278. The second-order valence-electron chi connectivity index (χ2n) is 5.81. The minimum absolute atomic E-state index is 0.129. The van der Waals surface area contributed by atoms with Crippen LogP contribution < -0.4 is 5.73 Å². The van der Waals surface area contributed by atoms with Crippen LogP contribution in [0.5, 0.6) is 0 Å². The van der Waals surface area contributed by atoms with Gasteiger partial charge < -0.3 is 15.8 Å². The van der Waals surface area contributed by atoms with Crippen molar-refractivity contribution in [1.29, 1.82) is 0 Å². The normalized spacial score (nSPS) is 22.1. The molecule has 1 aliphatic carbocycles. The fraction of sp³-hybridized carbons (Fsp3) is 0.857. The standard InChI is InChI=1S/C14H25N3O2S/c15-13(16-19)10-17(12-3-1-2-4-12)14(18)9-11-5-7-20-8-6-11/h11-12,19H,1-10H2,(H2,15,16). The highest BCUT2D eigenvalue weighted by molar-refractivity contribution is 7.99. The van der Waals surface area contributed by atoms with Crippen LogP contribution in [0.3, 0.4) is 0 Å². The van der Waals surface area contributed by atoms with E-state index in [4.69, 9.17) is 10.9 Å². The Morgan fingerprint density at radius 3 is 2.50 bits per heavy atom. The molecule has 1 heterocycles. The zero-order valence-corrected chi connectivity index (χ0v) is 12.8. The molecule has 0 bridgehead atoms. The lowest BCUT2D eigenvalue weighted by atomic mass is 9.97. The smallest absolute Gasteiger partial charge is 0.223 e. The van der Waals surface area contributed by atoms with Crippen LogP contribution in [0.2, 0.25) is 0 Å². The Labute approximate surface area is 124 Å². The van der Waals surface area contributed by atoms with Crippen LogP contribution in [0, 0.1) is 5.92 Å². The fourth-order valence-corrected chi connectivity index (χ4v) is 4.36. The van der Waals surface area contributed by atoms with Gasteiger partial charge in [-0.3, -0.25) is 4.79 Å². The van der Waals surface area contributed by atoms with Gasteiger partial charge in [-0.15, -0.1) is 0 Å². The third-order valence-corrected chi connectivity index (χ3v) is 5.40. The molecule has 0 unspecified atom stereocenters. The van der Waals surface area contributed by atoms with Crippen molar-refractivity contribution < 1.29 is 10.0 Å². The summed E-state index contributed by atoms with van der Waals surface area (Å²) in [6.45, 7) is 0.265. The molecule has 1 amide bonds. The molecule has 0 aromatic heterocycles. The van der Waals surface area contributed by atoms with Gasteiger partial charge in [0.25, 0.3) is 0 Å². The first kappa shape index (κ1) is 15.5. The van der Waals surface area contributed by atoms with Gasteiger partial charge >= 0.3 is 0 Å². The van der Waals surface area contributed by atoms with Crippen LogP contribution in [0.4, 0.5) is 0 Å². The predicted octanol–water partition coefficient (Wildman–Crippen LogP) is 2.04. The van der Waals surface area contributed by atoms with E-state index in [0.29, 0.717) is 12.3 Å². The molecular formula is C14H25N3O2S. The van der Waals surface area contributed by atoms with Gasteiger partial charge in [0, 0.05) is 12.5 Å². The number of amidine groups is 1. The molecule has 0 aromatic carbocycles. The molecule has 2 fully saturated rings. The van der Waals surface area contributed by atoms with Crippen molar-refractivity contribution in [3.05, 3.63) is 0 Å². The maximum absolute atomic E-state index is 12.6. The van der Waals surface area contributed by atoms with E-state index in [0.717, 1.165) is 25.7 Å². The molecule has 0 atom stereocenters. The van der Waals surface area contributed by atoms with Crippen LogP contribution in [0.1, 0.15) is 44.9 Å². The molecule has 5 nitrogen and oxygen atoms in total. The van der Waals surface area contributed by atoms with Crippen LogP contribution in [-0.4, -0.2) is 45.9 Å². The molecule has 2 aliphatic rings. The molecule has 0 radical (unpaired) electrons. The predicted molar refractivity (Wildman–Crippen MR) is 82.0 cm³/mol. The maximum atomic E-state index is 12.6. The van der Waals surface area contributed by atoms with Crippen molar-refractivity contribution in [3.8, 4) is 0 Å². The number of oxime groups is 1. The quantitative estimate of drug-likeness (QED) is 0.352. The maximum Gasteiger partial charge on any atom is 0.223 e. The lowest BCUT2D eigenvalue weighted by Crippen LogP contribution is -2.45. The minimum atomic E-state index is 0.129. The van der Waals surface area contributed by atoms with Crippen LogP contribution in [0.25, 0.3) is 0 Å². The van der Waals surface area contributed by atoms with Gasteiger partial charge in [-0.1, -0.05) is 18.0 Å². The zero-order chi connectivity index (χ0) is 14.4. The molecule has 3 N–H and O–H groups in total. The summed E-state index contributed by atoms with van der Waals surface area (Å²) >= 11 is 1.98. The lowest BCUT2D eigenvalue weighted by molar-refractivity contribution is -0.133. The second kappa shape index (κ2) is 7.76. The summed E-state index contributed by atoms with van der Waals surface area (Å²) in [5, 5.41) is 11.8. The largest absolute Gasteiger partial charge is 0.409 e. The van der Waals surface area contributed by atoms with Gasteiger partial charge in [-0.2, -0.15) is 11.8 Å². The van der Waals surface area contributed by atoms with E-state index in [1.807, 2.05) is 16.7 Å². The molecule has 114 valence electrons. The minimum Gasteiger partial charge on any atom is -0.409 e. The molecule has 1 saturated carbocycles. The summed E-state index contributed by atoms with van der Waals surface area (Å²) in [4.78, 5) is 14.4. The summed E-state index contributed by atoms with van der Waals surface area (Å²) in [5.74, 6) is 3.16. The summed E-state index contributed by atoms with van der Waals surface area (Å²) in [7, 11) is 0. The van der Waals surface area contributed by atoms with E-state index >= 15 is 0 Å². The first-order valence-corrected chi connectivity index (χ1v) is 8.69. The summed E-state index contributed by atoms with van der Waals surface area (Å²) < 4.78 is 0. The Morgan fingerprint density at radius 2 is 1.90 bits per heavy atom. The van der Waals surface area contributed by atoms with Crippen molar-refractivity contribution in [2.45, 2.75) is 51.0 Å².